The Hall–Kier alpha value is -1.26. The topological polar surface area (TPSA) is 38.8 Å². The molecule has 1 atom stereocenters. The predicted octanol–water partition coefficient (Wildman–Crippen LogP) is 3.94. The Morgan fingerprint density at radius 3 is 2.33 bits per heavy atom. The number of hydrogen-bond acceptors (Lipinski definition) is 4. The third-order valence-corrected chi connectivity index (χ3v) is 3.43. The van der Waals surface area contributed by atoms with Crippen molar-refractivity contribution >= 4 is 17.7 Å². The highest BCUT2D eigenvalue weighted by atomic mass is 35.5. The molecule has 0 saturated heterocycles. The molecule has 0 amide bonds. The summed E-state index contributed by atoms with van der Waals surface area (Å²) in [5.41, 5.74) is 0.602. The summed E-state index contributed by atoms with van der Waals surface area (Å²) in [6.07, 6.45) is 0.265. The third-order valence-electron chi connectivity index (χ3n) is 2.97. The summed E-state index contributed by atoms with van der Waals surface area (Å²) in [5, 5.41) is 0. The molecule has 0 saturated carbocycles. The highest BCUT2D eigenvalue weighted by Gasteiger charge is 2.19. The molecule has 0 aliphatic rings. The number of halogens is 1. The Kier molecular flexibility index (Phi) is 6.49. The Balaban J connectivity index is 2.50. The number of carbonyl (C=O) groups excluding carboxylic acids is 1. The van der Waals surface area contributed by atoms with E-state index < -0.39 is 5.60 Å². The SMILES string of the molecule is COc1ccc([C@@H](C)N(Cl)CCC(=O)OC(C)(C)C)cc1. The van der Waals surface area contributed by atoms with Gasteiger partial charge in [0.25, 0.3) is 0 Å². The van der Waals surface area contributed by atoms with Gasteiger partial charge in [-0.25, -0.2) is 4.42 Å². The van der Waals surface area contributed by atoms with Gasteiger partial charge in [0.15, 0.2) is 0 Å². The van der Waals surface area contributed by atoms with Gasteiger partial charge in [0, 0.05) is 12.6 Å². The molecule has 118 valence electrons. The summed E-state index contributed by atoms with van der Waals surface area (Å²) in [4.78, 5) is 11.7. The third kappa shape index (κ3) is 6.36. The number of methoxy groups -OCH3 is 1. The van der Waals surface area contributed by atoms with Crippen LogP contribution >= 0.6 is 11.8 Å². The van der Waals surface area contributed by atoms with Crippen LogP contribution in [-0.2, 0) is 9.53 Å². The minimum absolute atomic E-state index is 0.00000882. The Labute approximate surface area is 132 Å². The van der Waals surface area contributed by atoms with Gasteiger partial charge < -0.3 is 9.47 Å². The molecule has 0 N–H and O–H groups in total. The molecule has 0 heterocycles. The lowest BCUT2D eigenvalue weighted by molar-refractivity contribution is -0.155. The van der Waals surface area contributed by atoms with Crippen LogP contribution in [0.5, 0.6) is 5.75 Å². The van der Waals surface area contributed by atoms with Crippen LogP contribution in [0, 0.1) is 0 Å². The van der Waals surface area contributed by atoms with Crippen LogP contribution in [0.15, 0.2) is 24.3 Å². The smallest absolute Gasteiger partial charge is 0.307 e. The van der Waals surface area contributed by atoms with Crippen molar-refractivity contribution in [3.63, 3.8) is 0 Å². The van der Waals surface area contributed by atoms with Gasteiger partial charge in [0.1, 0.15) is 11.4 Å². The Bertz CT molecular complexity index is 454. The van der Waals surface area contributed by atoms with Crippen LogP contribution in [0.3, 0.4) is 0 Å². The molecule has 0 fully saturated rings. The lowest BCUT2D eigenvalue weighted by Gasteiger charge is -2.23. The second kappa shape index (κ2) is 7.66. The van der Waals surface area contributed by atoms with Crippen molar-refractivity contribution in [1.29, 1.82) is 0 Å². The summed E-state index contributed by atoms with van der Waals surface area (Å²) in [5.74, 6) is 0.566. The van der Waals surface area contributed by atoms with E-state index in [4.69, 9.17) is 21.3 Å². The van der Waals surface area contributed by atoms with Gasteiger partial charge in [0.05, 0.1) is 13.5 Å². The Morgan fingerprint density at radius 2 is 1.86 bits per heavy atom. The summed E-state index contributed by atoms with van der Waals surface area (Å²) >= 11 is 6.25. The number of esters is 1. The van der Waals surface area contributed by atoms with Gasteiger partial charge in [0.2, 0.25) is 0 Å². The second-order valence-corrected chi connectivity index (χ2v) is 6.34. The molecule has 5 heteroatoms. The van der Waals surface area contributed by atoms with E-state index in [0.717, 1.165) is 11.3 Å². The van der Waals surface area contributed by atoms with E-state index in [-0.39, 0.29) is 18.4 Å². The summed E-state index contributed by atoms with van der Waals surface area (Å²) < 4.78 is 12.0. The number of hydrogen-bond donors (Lipinski definition) is 0. The fourth-order valence-corrected chi connectivity index (χ4v) is 2.03. The molecule has 0 bridgehead atoms. The first kappa shape index (κ1) is 17.8. The van der Waals surface area contributed by atoms with Crippen LogP contribution in [0.1, 0.15) is 45.7 Å². The molecule has 1 rings (SSSR count). The highest BCUT2D eigenvalue weighted by molar-refractivity contribution is 6.13. The maximum Gasteiger partial charge on any atom is 0.307 e. The van der Waals surface area contributed by atoms with Gasteiger partial charge in [-0.15, -0.1) is 0 Å². The van der Waals surface area contributed by atoms with E-state index in [1.807, 2.05) is 52.0 Å². The van der Waals surface area contributed by atoms with Crippen LogP contribution in [-0.4, -0.2) is 29.6 Å². The van der Waals surface area contributed by atoms with Crippen LogP contribution in [0.4, 0.5) is 0 Å². The highest BCUT2D eigenvalue weighted by Crippen LogP contribution is 2.24. The van der Waals surface area contributed by atoms with Crippen molar-refractivity contribution in [2.75, 3.05) is 13.7 Å². The van der Waals surface area contributed by atoms with Crippen molar-refractivity contribution < 1.29 is 14.3 Å². The van der Waals surface area contributed by atoms with E-state index in [9.17, 15) is 4.79 Å². The van der Waals surface area contributed by atoms with Crippen molar-refractivity contribution in [3.8, 4) is 5.75 Å². The maximum atomic E-state index is 11.7. The second-order valence-electron chi connectivity index (χ2n) is 5.91. The molecular weight excluding hydrogens is 290 g/mol. The van der Waals surface area contributed by atoms with Crippen LogP contribution in [0.25, 0.3) is 0 Å². The van der Waals surface area contributed by atoms with Gasteiger partial charge in [-0.05, 0) is 57.2 Å². The fourth-order valence-electron chi connectivity index (χ4n) is 1.83. The van der Waals surface area contributed by atoms with Gasteiger partial charge >= 0.3 is 5.97 Å². The van der Waals surface area contributed by atoms with E-state index in [0.29, 0.717) is 6.54 Å². The van der Waals surface area contributed by atoms with E-state index in [2.05, 4.69) is 0 Å². The zero-order valence-electron chi connectivity index (χ0n) is 13.4. The molecular formula is C16H24ClNO3. The van der Waals surface area contributed by atoms with E-state index in [1.54, 1.807) is 11.5 Å². The average Bonchev–Trinajstić information content (AvgIpc) is 2.42. The molecule has 1 aromatic carbocycles. The minimum atomic E-state index is -0.462. The first-order valence-corrected chi connectivity index (χ1v) is 7.35. The zero-order valence-corrected chi connectivity index (χ0v) is 14.1. The van der Waals surface area contributed by atoms with E-state index >= 15 is 0 Å². The number of rotatable bonds is 6. The van der Waals surface area contributed by atoms with Crippen molar-refractivity contribution in [1.82, 2.24) is 4.42 Å². The molecule has 21 heavy (non-hydrogen) atoms. The van der Waals surface area contributed by atoms with Crippen molar-refractivity contribution in [2.24, 2.45) is 0 Å². The number of ether oxygens (including phenoxy) is 2. The number of carbonyl (C=O) groups is 1. The van der Waals surface area contributed by atoms with Crippen molar-refractivity contribution in [3.05, 3.63) is 29.8 Å². The molecule has 0 radical (unpaired) electrons. The fraction of sp³-hybridized carbons (Fsp3) is 0.562. The number of nitrogens with zero attached hydrogens (tertiary/aromatic N) is 1. The number of benzene rings is 1. The Morgan fingerprint density at radius 1 is 1.29 bits per heavy atom. The minimum Gasteiger partial charge on any atom is -0.497 e. The normalized spacial score (nSPS) is 13.1. The zero-order chi connectivity index (χ0) is 16.0. The lowest BCUT2D eigenvalue weighted by Crippen LogP contribution is -2.27. The van der Waals surface area contributed by atoms with Gasteiger partial charge in [-0.1, -0.05) is 12.1 Å². The molecule has 4 nitrogen and oxygen atoms in total. The largest absolute Gasteiger partial charge is 0.497 e. The van der Waals surface area contributed by atoms with Gasteiger partial charge in [-0.2, -0.15) is 0 Å². The van der Waals surface area contributed by atoms with Gasteiger partial charge in [-0.3, -0.25) is 4.79 Å². The average molecular weight is 314 g/mol. The first-order valence-electron chi connectivity index (χ1n) is 7.01. The first-order chi connectivity index (χ1) is 9.73. The quantitative estimate of drug-likeness (QED) is 0.589. The standard InChI is InChI=1S/C16H24ClNO3/c1-12(13-6-8-14(20-5)9-7-13)18(17)11-10-15(19)21-16(2,3)4/h6-9,12H,10-11H2,1-5H3/t12-/m1/s1. The van der Waals surface area contributed by atoms with Crippen molar-refractivity contribution in [2.45, 2.75) is 45.8 Å². The molecule has 0 aliphatic heterocycles. The molecule has 0 spiro atoms. The molecule has 0 aromatic heterocycles. The van der Waals surface area contributed by atoms with E-state index in [1.165, 1.54) is 0 Å². The van der Waals surface area contributed by atoms with Crippen LogP contribution < -0.4 is 4.74 Å². The lowest BCUT2D eigenvalue weighted by atomic mass is 10.1. The predicted molar refractivity (Wildman–Crippen MR) is 84.4 cm³/mol. The van der Waals surface area contributed by atoms with Crippen LogP contribution in [0.2, 0.25) is 0 Å². The maximum absolute atomic E-state index is 11.7. The summed E-state index contributed by atoms with van der Waals surface area (Å²) in [6, 6.07) is 7.72. The summed E-state index contributed by atoms with van der Waals surface area (Å²) in [7, 11) is 1.63. The monoisotopic (exact) mass is 313 g/mol. The molecule has 1 aromatic rings. The summed E-state index contributed by atoms with van der Waals surface area (Å²) in [6.45, 7) is 7.98. The molecule has 0 unspecified atom stereocenters. The molecule has 0 aliphatic carbocycles.